The molecular weight excluding hydrogens is 240 g/mol. The highest BCUT2D eigenvalue weighted by molar-refractivity contribution is 5.92. The van der Waals surface area contributed by atoms with Crippen LogP contribution in [0.5, 0.6) is 0 Å². The highest BCUT2D eigenvalue weighted by atomic mass is 16.2. The van der Waals surface area contributed by atoms with Crippen LogP contribution in [0.25, 0.3) is 0 Å². The molecule has 1 atom stereocenters. The lowest BCUT2D eigenvalue weighted by Crippen LogP contribution is -2.44. The van der Waals surface area contributed by atoms with E-state index in [0.29, 0.717) is 17.6 Å². The minimum atomic E-state index is 0.0216. The molecule has 0 bridgehead atoms. The minimum Gasteiger partial charge on any atom is -0.372 e. The van der Waals surface area contributed by atoms with Crippen LogP contribution >= 0.6 is 0 Å². The van der Waals surface area contributed by atoms with Gasteiger partial charge in [0.15, 0.2) is 0 Å². The van der Waals surface area contributed by atoms with E-state index in [9.17, 15) is 4.79 Å². The van der Waals surface area contributed by atoms with Crippen LogP contribution in [0.15, 0.2) is 12.4 Å². The van der Waals surface area contributed by atoms with Crippen molar-refractivity contribution in [1.82, 2.24) is 14.9 Å². The summed E-state index contributed by atoms with van der Waals surface area (Å²) in [7, 11) is 1.79. The van der Waals surface area contributed by atoms with E-state index in [1.807, 2.05) is 4.90 Å². The number of nitrogens with one attached hydrogen (secondary N) is 1. The molecule has 1 aliphatic heterocycles. The molecule has 2 heterocycles. The van der Waals surface area contributed by atoms with Gasteiger partial charge in [-0.25, -0.2) is 9.97 Å². The van der Waals surface area contributed by atoms with Gasteiger partial charge in [-0.05, 0) is 25.7 Å². The van der Waals surface area contributed by atoms with Crippen molar-refractivity contribution in [3.8, 4) is 0 Å². The third-order valence-electron chi connectivity index (χ3n) is 3.64. The molecule has 0 radical (unpaired) electrons. The van der Waals surface area contributed by atoms with Gasteiger partial charge in [-0.2, -0.15) is 0 Å². The number of nitrogens with zero attached hydrogens (tertiary/aromatic N) is 3. The number of hydrogen-bond acceptors (Lipinski definition) is 4. The molecule has 19 heavy (non-hydrogen) atoms. The Hall–Kier alpha value is -1.65. The Morgan fingerprint density at radius 2 is 2.26 bits per heavy atom. The fourth-order valence-corrected chi connectivity index (χ4v) is 2.62. The van der Waals surface area contributed by atoms with Gasteiger partial charge in [-0.1, -0.05) is 13.3 Å². The second kappa shape index (κ2) is 6.50. The van der Waals surface area contributed by atoms with Gasteiger partial charge < -0.3 is 10.2 Å². The van der Waals surface area contributed by atoms with Crippen LogP contribution < -0.4 is 5.32 Å². The van der Waals surface area contributed by atoms with E-state index < -0.39 is 0 Å². The van der Waals surface area contributed by atoms with Gasteiger partial charge in [0.05, 0.1) is 12.4 Å². The summed E-state index contributed by atoms with van der Waals surface area (Å²) in [5.41, 5.74) is 0.446. The maximum absolute atomic E-state index is 12.5. The molecule has 5 nitrogen and oxygen atoms in total. The van der Waals surface area contributed by atoms with Crippen molar-refractivity contribution in [3.63, 3.8) is 0 Å². The van der Waals surface area contributed by atoms with Gasteiger partial charge in [0.2, 0.25) is 0 Å². The first-order valence-corrected chi connectivity index (χ1v) is 7.07. The van der Waals surface area contributed by atoms with E-state index in [1.165, 1.54) is 6.42 Å². The predicted molar refractivity (Wildman–Crippen MR) is 75.2 cm³/mol. The third kappa shape index (κ3) is 3.22. The Morgan fingerprint density at radius 3 is 2.89 bits per heavy atom. The molecule has 1 saturated heterocycles. The normalized spacial score (nSPS) is 19.3. The SMILES string of the molecule is CCCC1CCCCN1C(=O)c1cnc(NC)cn1. The Bertz CT molecular complexity index is 416. The van der Waals surface area contributed by atoms with E-state index in [0.717, 1.165) is 32.2 Å². The van der Waals surface area contributed by atoms with Crippen LogP contribution in [0, 0.1) is 0 Å². The van der Waals surface area contributed by atoms with Crippen molar-refractivity contribution in [2.45, 2.75) is 45.1 Å². The third-order valence-corrected chi connectivity index (χ3v) is 3.64. The van der Waals surface area contributed by atoms with Gasteiger partial charge in [0.1, 0.15) is 11.5 Å². The zero-order chi connectivity index (χ0) is 13.7. The van der Waals surface area contributed by atoms with E-state index >= 15 is 0 Å². The number of anilines is 1. The average molecular weight is 262 g/mol. The summed E-state index contributed by atoms with van der Waals surface area (Å²) in [6.07, 6.45) is 8.78. The van der Waals surface area contributed by atoms with E-state index in [4.69, 9.17) is 0 Å². The summed E-state index contributed by atoms with van der Waals surface area (Å²) in [5.74, 6) is 0.702. The Morgan fingerprint density at radius 1 is 1.42 bits per heavy atom. The monoisotopic (exact) mass is 262 g/mol. The summed E-state index contributed by atoms with van der Waals surface area (Å²) in [6.45, 7) is 3.01. The fourth-order valence-electron chi connectivity index (χ4n) is 2.62. The Kier molecular flexibility index (Phi) is 4.71. The number of hydrogen-bond donors (Lipinski definition) is 1. The molecule has 1 amide bonds. The fraction of sp³-hybridized carbons (Fsp3) is 0.643. The number of piperidine rings is 1. The van der Waals surface area contributed by atoms with Gasteiger partial charge in [0.25, 0.3) is 5.91 Å². The van der Waals surface area contributed by atoms with Gasteiger partial charge in [0, 0.05) is 19.6 Å². The Labute approximate surface area is 114 Å². The molecule has 1 aromatic heterocycles. The summed E-state index contributed by atoms with van der Waals surface area (Å²) < 4.78 is 0. The lowest BCUT2D eigenvalue weighted by Gasteiger charge is -2.35. The van der Waals surface area contributed by atoms with E-state index in [1.54, 1.807) is 19.4 Å². The molecule has 1 aliphatic rings. The Balaban J connectivity index is 2.11. The maximum atomic E-state index is 12.5. The van der Waals surface area contributed by atoms with Crippen LogP contribution in [0.4, 0.5) is 5.82 Å². The number of rotatable bonds is 4. The van der Waals surface area contributed by atoms with Crippen molar-refractivity contribution in [2.24, 2.45) is 0 Å². The molecule has 0 aromatic carbocycles. The van der Waals surface area contributed by atoms with Crippen molar-refractivity contribution in [3.05, 3.63) is 18.1 Å². The molecule has 104 valence electrons. The first-order chi connectivity index (χ1) is 9.26. The molecule has 0 saturated carbocycles. The average Bonchev–Trinajstić information content (AvgIpc) is 2.47. The zero-order valence-electron chi connectivity index (χ0n) is 11.7. The van der Waals surface area contributed by atoms with Gasteiger partial charge >= 0.3 is 0 Å². The van der Waals surface area contributed by atoms with Crippen LogP contribution in [0.1, 0.15) is 49.5 Å². The van der Waals surface area contributed by atoms with E-state index in [-0.39, 0.29) is 5.91 Å². The molecule has 1 N–H and O–H groups in total. The quantitative estimate of drug-likeness (QED) is 0.904. The lowest BCUT2D eigenvalue weighted by atomic mass is 9.98. The number of aromatic nitrogens is 2. The summed E-state index contributed by atoms with van der Waals surface area (Å²) in [5, 5.41) is 2.90. The van der Waals surface area contributed by atoms with Crippen molar-refractivity contribution in [2.75, 3.05) is 18.9 Å². The molecule has 1 fully saturated rings. The van der Waals surface area contributed by atoms with Crippen molar-refractivity contribution >= 4 is 11.7 Å². The number of likely N-dealkylation sites (tertiary alicyclic amines) is 1. The first-order valence-electron chi connectivity index (χ1n) is 7.07. The second-order valence-corrected chi connectivity index (χ2v) is 4.97. The number of carbonyl (C=O) groups excluding carboxylic acids is 1. The molecule has 0 spiro atoms. The second-order valence-electron chi connectivity index (χ2n) is 4.97. The molecule has 0 aliphatic carbocycles. The number of carbonyl (C=O) groups is 1. The van der Waals surface area contributed by atoms with Crippen LogP contribution in [0.3, 0.4) is 0 Å². The molecule has 1 aromatic rings. The lowest BCUT2D eigenvalue weighted by molar-refractivity contribution is 0.0594. The largest absolute Gasteiger partial charge is 0.372 e. The summed E-state index contributed by atoms with van der Waals surface area (Å²) >= 11 is 0. The zero-order valence-corrected chi connectivity index (χ0v) is 11.7. The standard InChI is InChI=1S/C14H22N4O/c1-3-6-11-7-4-5-8-18(11)14(19)12-9-17-13(15-2)10-16-12/h9-11H,3-8H2,1-2H3,(H,15,17). The molecule has 2 rings (SSSR count). The molecule has 5 heteroatoms. The minimum absolute atomic E-state index is 0.0216. The van der Waals surface area contributed by atoms with Crippen molar-refractivity contribution in [1.29, 1.82) is 0 Å². The van der Waals surface area contributed by atoms with Crippen LogP contribution in [-0.4, -0.2) is 40.4 Å². The first kappa shape index (κ1) is 13.8. The van der Waals surface area contributed by atoms with Gasteiger partial charge in [-0.15, -0.1) is 0 Å². The highest BCUT2D eigenvalue weighted by Gasteiger charge is 2.27. The van der Waals surface area contributed by atoms with E-state index in [2.05, 4.69) is 22.2 Å². The summed E-state index contributed by atoms with van der Waals surface area (Å²) in [6, 6.07) is 0.372. The topological polar surface area (TPSA) is 58.1 Å². The number of amides is 1. The molecular formula is C14H22N4O. The highest BCUT2D eigenvalue weighted by Crippen LogP contribution is 2.22. The maximum Gasteiger partial charge on any atom is 0.274 e. The smallest absolute Gasteiger partial charge is 0.274 e. The van der Waals surface area contributed by atoms with Crippen LogP contribution in [-0.2, 0) is 0 Å². The van der Waals surface area contributed by atoms with Crippen LogP contribution in [0.2, 0.25) is 0 Å². The van der Waals surface area contributed by atoms with Gasteiger partial charge in [-0.3, -0.25) is 4.79 Å². The molecule has 1 unspecified atom stereocenters. The predicted octanol–water partition coefficient (Wildman–Crippen LogP) is 2.31. The van der Waals surface area contributed by atoms with Crippen molar-refractivity contribution < 1.29 is 4.79 Å². The summed E-state index contributed by atoms with van der Waals surface area (Å²) in [4.78, 5) is 22.8.